The minimum Gasteiger partial charge on any atom is -0.288 e. The SMILES string of the molecule is O=C1CN(O)C(c2ccccc2F)=c2ccsc2=N1. The first-order valence-corrected chi connectivity index (χ1v) is 6.45. The largest absolute Gasteiger partial charge is 0.288 e. The summed E-state index contributed by atoms with van der Waals surface area (Å²) < 4.78 is 14.4. The minimum absolute atomic E-state index is 0.245. The monoisotopic (exact) mass is 276 g/mol. The summed E-state index contributed by atoms with van der Waals surface area (Å²) >= 11 is 1.28. The third-order valence-corrected chi connectivity index (χ3v) is 3.60. The second-order valence-electron chi connectivity index (χ2n) is 4.03. The Kier molecular flexibility index (Phi) is 2.88. The third kappa shape index (κ3) is 2.05. The van der Waals surface area contributed by atoms with Gasteiger partial charge in [0, 0.05) is 10.8 Å². The van der Waals surface area contributed by atoms with E-state index >= 15 is 0 Å². The molecular weight excluding hydrogens is 267 g/mol. The minimum atomic E-state index is -0.461. The van der Waals surface area contributed by atoms with Crippen molar-refractivity contribution in [3.05, 3.63) is 57.0 Å². The normalized spacial score (nSPS) is 14.9. The van der Waals surface area contributed by atoms with E-state index in [0.29, 0.717) is 9.89 Å². The van der Waals surface area contributed by atoms with Crippen LogP contribution in [0.5, 0.6) is 0 Å². The molecule has 0 saturated heterocycles. The zero-order chi connectivity index (χ0) is 13.4. The smallest absolute Gasteiger partial charge is 0.269 e. The molecule has 0 atom stereocenters. The molecule has 6 heteroatoms. The molecule has 2 aromatic rings. The van der Waals surface area contributed by atoms with Gasteiger partial charge in [0.25, 0.3) is 5.91 Å². The van der Waals surface area contributed by atoms with Crippen LogP contribution in [0.25, 0.3) is 5.70 Å². The van der Waals surface area contributed by atoms with Gasteiger partial charge in [0.1, 0.15) is 17.0 Å². The van der Waals surface area contributed by atoms with E-state index < -0.39 is 11.7 Å². The second-order valence-corrected chi connectivity index (χ2v) is 4.93. The molecule has 0 saturated carbocycles. The fourth-order valence-corrected chi connectivity index (χ4v) is 2.78. The van der Waals surface area contributed by atoms with E-state index in [1.165, 1.54) is 17.4 Å². The zero-order valence-corrected chi connectivity index (χ0v) is 10.5. The maximum Gasteiger partial charge on any atom is 0.269 e. The molecule has 1 amide bonds. The summed E-state index contributed by atoms with van der Waals surface area (Å²) in [5.41, 5.74) is 0.513. The Labute approximate surface area is 111 Å². The van der Waals surface area contributed by atoms with Gasteiger partial charge in [-0.15, -0.1) is 11.3 Å². The van der Waals surface area contributed by atoms with Gasteiger partial charge in [0.05, 0.1) is 5.70 Å². The first-order valence-electron chi connectivity index (χ1n) is 5.57. The molecule has 2 heterocycles. The third-order valence-electron chi connectivity index (χ3n) is 2.80. The topological polar surface area (TPSA) is 52.9 Å². The Hall–Kier alpha value is -2.05. The average molecular weight is 276 g/mol. The lowest BCUT2D eigenvalue weighted by molar-refractivity contribution is -0.125. The number of carbonyl (C=O) groups excluding carboxylic acids is 1. The molecule has 1 aliphatic rings. The van der Waals surface area contributed by atoms with Crippen LogP contribution in [-0.2, 0) is 4.79 Å². The summed E-state index contributed by atoms with van der Waals surface area (Å²) in [6.45, 7) is -0.287. The lowest BCUT2D eigenvalue weighted by atomic mass is 10.1. The van der Waals surface area contributed by atoms with Crippen molar-refractivity contribution in [1.82, 2.24) is 5.06 Å². The van der Waals surface area contributed by atoms with Crippen LogP contribution in [0.15, 0.2) is 40.7 Å². The summed E-state index contributed by atoms with van der Waals surface area (Å²) in [4.78, 5) is 15.4. The lowest BCUT2D eigenvalue weighted by Gasteiger charge is -2.18. The molecule has 0 fully saturated rings. The van der Waals surface area contributed by atoms with Gasteiger partial charge in [-0.3, -0.25) is 10.0 Å². The molecule has 1 aromatic carbocycles. The molecule has 1 aromatic heterocycles. The summed E-state index contributed by atoms with van der Waals surface area (Å²) in [6, 6.07) is 7.83. The molecular formula is C13H9FN2O2S. The van der Waals surface area contributed by atoms with Gasteiger partial charge >= 0.3 is 0 Å². The lowest BCUT2D eigenvalue weighted by Crippen LogP contribution is -2.29. The van der Waals surface area contributed by atoms with Gasteiger partial charge in [-0.2, -0.15) is 0 Å². The Bertz CT molecular complexity index is 769. The van der Waals surface area contributed by atoms with Crippen LogP contribution in [0.3, 0.4) is 0 Å². The molecule has 3 rings (SSSR count). The van der Waals surface area contributed by atoms with Crippen molar-refractivity contribution >= 4 is 22.9 Å². The molecule has 96 valence electrons. The molecule has 1 N–H and O–H groups in total. The van der Waals surface area contributed by atoms with Gasteiger partial charge in [-0.25, -0.2) is 14.4 Å². The number of rotatable bonds is 1. The fourth-order valence-electron chi connectivity index (χ4n) is 2.00. The van der Waals surface area contributed by atoms with Crippen LogP contribution in [0.2, 0.25) is 0 Å². The Balaban J connectivity index is 2.40. The van der Waals surface area contributed by atoms with Crippen molar-refractivity contribution in [1.29, 1.82) is 0 Å². The van der Waals surface area contributed by atoms with Crippen molar-refractivity contribution < 1.29 is 14.4 Å². The molecule has 19 heavy (non-hydrogen) atoms. The fraction of sp³-hybridized carbons (Fsp3) is 0.0769. The Morgan fingerprint density at radius 3 is 2.89 bits per heavy atom. The summed E-state index contributed by atoms with van der Waals surface area (Å²) in [7, 11) is 0. The predicted octanol–water partition coefficient (Wildman–Crippen LogP) is 0.895. The molecule has 0 aliphatic carbocycles. The van der Waals surface area contributed by atoms with E-state index in [4.69, 9.17) is 0 Å². The number of benzene rings is 1. The van der Waals surface area contributed by atoms with Crippen LogP contribution in [0.1, 0.15) is 5.56 Å². The highest BCUT2D eigenvalue weighted by atomic mass is 32.1. The van der Waals surface area contributed by atoms with E-state index in [9.17, 15) is 14.4 Å². The van der Waals surface area contributed by atoms with E-state index in [0.717, 1.165) is 5.06 Å². The highest BCUT2D eigenvalue weighted by Crippen LogP contribution is 2.18. The van der Waals surface area contributed by atoms with Crippen molar-refractivity contribution in [2.45, 2.75) is 0 Å². The van der Waals surface area contributed by atoms with Crippen LogP contribution in [0, 0.1) is 5.82 Å². The summed E-state index contributed by atoms with van der Waals surface area (Å²) in [5, 5.41) is 13.1. The number of amides is 1. The highest BCUT2D eigenvalue weighted by molar-refractivity contribution is 7.07. The van der Waals surface area contributed by atoms with Crippen molar-refractivity contribution in [2.24, 2.45) is 4.99 Å². The van der Waals surface area contributed by atoms with Gasteiger partial charge < -0.3 is 0 Å². The highest BCUT2D eigenvalue weighted by Gasteiger charge is 2.20. The maximum absolute atomic E-state index is 13.9. The first-order chi connectivity index (χ1) is 9.16. The molecule has 4 nitrogen and oxygen atoms in total. The summed E-state index contributed by atoms with van der Waals surface area (Å²) in [6.07, 6.45) is 0. The molecule has 1 aliphatic heterocycles. The Morgan fingerprint density at radius 1 is 1.32 bits per heavy atom. The van der Waals surface area contributed by atoms with E-state index in [1.54, 1.807) is 29.6 Å². The maximum atomic E-state index is 13.9. The van der Waals surface area contributed by atoms with Crippen LogP contribution >= 0.6 is 11.3 Å². The number of hydrogen-bond donors (Lipinski definition) is 1. The van der Waals surface area contributed by atoms with E-state index in [1.807, 2.05) is 0 Å². The number of hydroxylamine groups is 2. The van der Waals surface area contributed by atoms with Crippen LogP contribution in [-0.4, -0.2) is 22.7 Å². The standard InChI is InChI=1S/C13H9FN2O2S/c14-10-4-2-1-3-8(10)12-9-5-6-19-13(9)15-11(17)7-16(12)18/h1-6,18H,7H2. The number of halogens is 1. The van der Waals surface area contributed by atoms with Crippen LogP contribution < -0.4 is 9.89 Å². The van der Waals surface area contributed by atoms with Gasteiger partial charge in [0.15, 0.2) is 0 Å². The summed E-state index contributed by atoms with van der Waals surface area (Å²) in [5.74, 6) is -0.916. The van der Waals surface area contributed by atoms with Gasteiger partial charge in [0.2, 0.25) is 0 Å². The first kappa shape index (κ1) is 12.0. The number of hydrogen-bond acceptors (Lipinski definition) is 4. The van der Waals surface area contributed by atoms with E-state index in [2.05, 4.69) is 4.99 Å². The van der Waals surface area contributed by atoms with Crippen molar-refractivity contribution in [3.63, 3.8) is 0 Å². The number of fused-ring (bicyclic) bond motifs is 1. The van der Waals surface area contributed by atoms with Crippen molar-refractivity contribution in [2.75, 3.05) is 6.54 Å². The Morgan fingerprint density at radius 2 is 2.11 bits per heavy atom. The van der Waals surface area contributed by atoms with Crippen LogP contribution in [0.4, 0.5) is 4.39 Å². The molecule has 0 bridgehead atoms. The van der Waals surface area contributed by atoms with E-state index in [-0.39, 0.29) is 17.8 Å². The quantitative estimate of drug-likeness (QED) is 0.842. The molecule has 0 radical (unpaired) electrons. The number of carbonyl (C=O) groups is 1. The zero-order valence-electron chi connectivity index (χ0n) is 9.71. The van der Waals surface area contributed by atoms with Crippen molar-refractivity contribution in [3.8, 4) is 0 Å². The number of nitrogens with zero attached hydrogens (tertiary/aromatic N) is 2. The van der Waals surface area contributed by atoms with Gasteiger partial charge in [-0.1, -0.05) is 12.1 Å². The second kappa shape index (κ2) is 4.56. The predicted molar refractivity (Wildman–Crippen MR) is 67.5 cm³/mol. The van der Waals surface area contributed by atoms with Gasteiger partial charge in [-0.05, 0) is 23.6 Å². The molecule has 0 spiro atoms. The average Bonchev–Trinajstić information content (AvgIpc) is 2.75. The molecule has 0 unspecified atom stereocenters. The number of thiophene rings is 1.